The average molecular weight is 352 g/mol. The molecule has 25 heavy (non-hydrogen) atoms. The van der Waals surface area contributed by atoms with E-state index in [0.29, 0.717) is 16.5 Å². The molecule has 2 aromatic carbocycles. The van der Waals surface area contributed by atoms with Gasteiger partial charge in [-0.15, -0.1) is 0 Å². The Morgan fingerprint density at radius 1 is 1.08 bits per heavy atom. The standard InChI is InChI=1S/C19H16N2O3S/c1-11-7-8-13(12(2)9-11)16(22)10-25-19-20-15-6-4-3-5-14(15)17(21-19)18(23)24/h3-9H,10H2,1-2H3,(H,23,24). The summed E-state index contributed by atoms with van der Waals surface area (Å²) in [7, 11) is 0. The highest BCUT2D eigenvalue weighted by molar-refractivity contribution is 7.99. The van der Waals surface area contributed by atoms with Crippen LogP contribution in [0.15, 0.2) is 47.6 Å². The second-order valence-electron chi connectivity index (χ2n) is 5.71. The van der Waals surface area contributed by atoms with Crippen molar-refractivity contribution in [2.45, 2.75) is 19.0 Å². The lowest BCUT2D eigenvalue weighted by Gasteiger charge is -2.07. The van der Waals surface area contributed by atoms with E-state index in [0.717, 1.165) is 22.9 Å². The van der Waals surface area contributed by atoms with Crippen molar-refractivity contribution in [2.75, 3.05) is 5.75 Å². The van der Waals surface area contributed by atoms with Crippen LogP contribution in [0.3, 0.4) is 0 Å². The quantitative estimate of drug-likeness (QED) is 0.426. The molecule has 0 unspecified atom stereocenters. The van der Waals surface area contributed by atoms with Crippen LogP contribution in [-0.4, -0.2) is 32.6 Å². The normalized spacial score (nSPS) is 10.8. The Labute approximate surface area is 149 Å². The zero-order valence-electron chi connectivity index (χ0n) is 13.8. The third kappa shape index (κ3) is 3.69. The van der Waals surface area contributed by atoms with E-state index >= 15 is 0 Å². The maximum absolute atomic E-state index is 12.4. The smallest absolute Gasteiger partial charge is 0.355 e. The number of ketones is 1. The summed E-state index contributed by atoms with van der Waals surface area (Å²) in [6.07, 6.45) is 0. The van der Waals surface area contributed by atoms with Crippen LogP contribution in [0.5, 0.6) is 0 Å². The number of carbonyl (C=O) groups is 2. The summed E-state index contributed by atoms with van der Waals surface area (Å²) < 4.78 is 0. The van der Waals surface area contributed by atoms with Gasteiger partial charge in [0.1, 0.15) is 0 Å². The monoisotopic (exact) mass is 352 g/mol. The molecule has 3 aromatic rings. The Morgan fingerprint density at radius 3 is 2.56 bits per heavy atom. The third-order valence-electron chi connectivity index (χ3n) is 3.80. The molecular weight excluding hydrogens is 336 g/mol. The molecule has 0 atom stereocenters. The van der Waals surface area contributed by atoms with E-state index in [4.69, 9.17) is 0 Å². The van der Waals surface area contributed by atoms with Gasteiger partial charge in [-0.3, -0.25) is 4.79 Å². The molecule has 0 saturated heterocycles. The molecular formula is C19H16N2O3S. The Hall–Kier alpha value is -2.73. The van der Waals surface area contributed by atoms with Gasteiger partial charge in [-0.2, -0.15) is 0 Å². The summed E-state index contributed by atoms with van der Waals surface area (Å²) in [6, 6.07) is 12.6. The first-order valence-corrected chi connectivity index (χ1v) is 8.67. The third-order valence-corrected chi connectivity index (χ3v) is 4.65. The SMILES string of the molecule is Cc1ccc(C(=O)CSc2nc(C(=O)O)c3ccccc3n2)c(C)c1. The highest BCUT2D eigenvalue weighted by Crippen LogP contribution is 2.22. The number of hydrogen-bond donors (Lipinski definition) is 1. The van der Waals surface area contributed by atoms with E-state index in [1.54, 1.807) is 24.3 Å². The average Bonchev–Trinajstić information content (AvgIpc) is 2.58. The summed E-state index contributed by atoms with van der Waals surface area (Å²) in [4.78, 5) is 32.3. The van der Waals surface area contributed by atoms with Crippen LogP contribution >= 0.6 is 11.8 Å². The second kappa shape index (κ2) is 7.03. The van der Waals surface area contributed by atoms with E-state index in [1.165, 1.54) is 0 Å². The van der Waals surface area contributed by atoms with Gasteiger partial charge in [0.15, 0.2) is 16.6 Å². The van der Waals surface area contributed by atoms with Gasteiger partial charge in [0.25, 0.3) is 0 Å². The van der Waals surface area contributed by atoms with Crippen molar-refractivity contribution in [3.8, 4) is 0 Å². The zero-order chi connectivity index (χ0) is 18.0. The molecule has 1 N–H and O–H groups in total. The lowest BCUT2D eigenvalue weighted by atomic mass is 10.0. The number of aromatic carboxylic acids is 1. The van der Waals surface area contributed by atoms with Crippen LogP contribution in [0.1, 0.15) is 32.0 Å². The molecule has 1 aromatic heterocycles. The molecule has 1 heterocycles. The topological polar surface area (TPSA) is 80.2 Å². The summed E-state index contributed by atoms with van der Waals surface area (Å²) in [5.41, 5.74) is 3.20. The van der Waals surface area contributed by atoms with Crippen LogP contribution in [0.2, 0.25) is 0 Å². The van der Waals surface area contributed by atoms with Gasteiger partial charge < -0.3 is 5.11 Å². The Morgan fingerprint density at radius 2 is 1.84 bits per heavy atom. The van der Waals surface area contributed by atoms with E-state index in [1.807, 2.05) is 32.0 Å². The number of Topliss-reactive ketones (excluding diaryl/α,β-unsaturated/α-hetero) is 1. The van der Waals surface area contributed by atoms with Crippen LogP contribution in [0.4, 0.5) is 0 Å². The molecule has 0 aliphatic carbocycles. The zero-order valence-corrected chi connectivity index (χ0v) is 14.6. The van der Waals surface area contributed by atoms with Gasteiger partial charge >= 0.3 is 5.97 Å². The highest BCUT2D eigenvalue weighted by atomic mass is 32.2. The number of fused-ring (bicyclic) bond motifs is 1. The van der Waals surface area contributed by atoms with Gasteiger partial charge in [0, 0.05) is 10.9 Å². The number of aryl methyl sites for hydroxylation is 2. The number of benzene rings is 2. The number of carboxylic acid groups (broad SMARTS) is 1. The molecule has 0 saturated carbocycles. The number of para-hydroxylation sites is 1. The second-order valence-corrected chi connectivity index (χ2v) is 6.65. The van der Waals surface area contributed by atoms with Crippen molar-refractivity contribution < 1.29 is 14.7 Å². The minimum Gasteiger partial charge on any atom is -0.476 e. The highest BCUT2D eigenvalue weighted by Gasteiger charge is 2.16. The molecule has 0 spiro atoms. The number of rotatable bonds is 5. The number of hydrogen-bond acceptors (Lipinski definition) is 5. The molecule has 0 amide bonds. The van der Waals surface area contributed by atoms with E-state index in [2.05, 4.69) is 9.97 Å². The molecule has 0 fully saturated rings. The van der Waals surface area contributed by atoms with Crippen LogP contribution in [0.25, 0.3) is 10.9 Å². The first kappa shape index (κ1) is 17.1. The van der Waals surface area contributed by atoms with Crippen molar-refractivity contribution in [1.82, 2.24) is 9.97 Å². The fourth-order valence-corrected chi connectivity index (χ4v) is 3.35. The van der Waals surface area contributed by atoms with Crippen molar-refractivity contribution in [1.29, 1.82) is 0 Å². The number of carboxylic acids is 1. The molecule has 0 aliphatic rings. The van der Waals surface area contributed by atoms with E-state index in [-0.39, 0.29) is 22.4 Å². The Bertz CT molecular complexity index is 986. The van der Waals surface area contributed by atoms with Gasteiger partial charge in [-0.05, 0) is 25.5 Å². The predicted octanol–water partition coefficient (Wildman–Crippen LogP) is 3.92. The van der Waals surface area contributed by atoms with Gasteiger partial charge in [-0.1, -0.05) is 53.7 Å². The number of carbonyl (C=O) groups excluding carboxylic acids is 1. The fourth-order valence-electron chi connectivity index (χ4n) is 2.62. The fraction of sp³-hybridized carbons (Fsp3) is 0.158. The first-order chi connectivity index (χ1) is 12.0. The van der Waals surface area contributed by atoms with Crippen molar-refractivity contribution in [3.63, 3.8) is 0 Å². The molecule has 0 bridgehead atoms. The summed E-state index contributed by atoms with van der Waals surface area (Å²) in [5.74, 6) is -0.987. The lowest BCUT2D eigenvalue weighted by Crippen LogP contribution is -2.08. The Balaban J connectivity index is 1.86. The largest absolute Gasteiger partial charge is 0.476 e. The maximum atomic E-state index is 12.4. The molecule has 3 rings (SSSR count). The lowest BCUT2D eigenvalue weighted by molar-refractivity contribution is 0.0691. The molecule has 5 nitrogen and oxygen atoms in total. The summed E-state index contributed by atoms with van der Waals surface area (Å²) >= 11 is 1.15. The van der Waals surface area contributed by atoms with Crippen LogP contribution in [-0.2, 0) is 0 Å². The van der Waals surface area contributed by atoms with Crippen molar-refractivity contribution in [2.24, 2.45) is 0 Å². The molecule has 6 heteroatoms. The number of thioether (sulfide) groups is 1. The summed E-state index contributed by atoms with van der Waals surface area (Å²) in [5, 5.41) is 10.1. The van der Waals surface area contributed by atoms with Crippen molar-refractivity contribution >= 4 is 34.4 Å². The molecule has 0 radical (unpaired) electrons. The maximum Gasteiger partial charge on any atom is 0.355 e. The molecule has 0 aliphatic heterocycles. The number of aromatic nitrogens is 2. The predicted molar refractivity (Wildman–Crippen MR) is 97.5 cm³/mol. The number of nitrogens with zero attached hydrogens (tertiary/aromatic N) is 2. The van der Waals surface area contributed by atoms with Crippen molar-refractivity contribution in [3.05, 3.63) is 64.8 Å². The van der Waals surface area contributed by atoms with Gasteiger partial charge in [-0.25, -0.2) is 14.8 Å². The Kier molecular flexibility index (Phi) is 4.81. The van der Waals surface area contributed by atoms with Gasteiger partial charge in [0.2, 0.25) is 0 Å². The van der Waals surface area contributed by atoms with Gasteiger partial charge in [0.05, 0.1) is 11.3 Å². The van der Waals surface area contributed by atoms with Crippen LogP contribution in [0, 0.1) is 13.8 Å². The first-order valence-electron chi connectivity index (χ1n) is 7.69. The summed E-state index contributed by atoms with van der Waals surface area (Å²) in [6.45, 7) is 3.88. The molecule has 126 valence electrons. The minimum absolute atomic E-state index is 0.0314. The van der Waals surface area contributed by atoms with E-state index < -0.39 is 5.97 Å². The van der Waals surface area contributed by atoms with Crippen LogP contribution < -0.4 is 0 Å². The van der Waals surface area contributed by atoms with E-state index in [9.17, 15) is 14.7 Å². The minimum atomic E-state index is -1.11.